The Morgan fingerprint density at radius 2 is 2.00 bits per heavy atom. The lowest BCUT2D eigenvalue weighted by Crippen LogP contribution is -2.59. The van der Waals surface area contributed by atoms with Gasteiger partial charge in [-0.15, -0.1) is 0 Å². The summed E-state index contributed by atoms with van der Waals surface area (Å²) in [4.78, 5) is 11.8. The number of nitrogens with zero attached hydrogens (tertiary/aromatic N) is 1. The fourth-order valence-electron chi connectivity index (χ4n) is 2.67. The minimum atomic E-state index is -4.21. The van der Waals surface area contributed by atoms with E-state index in [1.807, 2.05) is 0 Å². The highest BCUT2D eigenvalue weighted by Crippen LogP contribution is 2.25. The minimum absolute atomic E-state index is 0.140. The maximum atomic E-state index is 14.8. The molecule has 1 aromatic carbocycles. The van der Waals surface area contributed by atoms with Crippen LogP contribution in [0.2, 0.25) is 0 Å². The number of sulfonamides is 1. The maximum Gasteiger partial charge on any atom is 0.275 e. The summed E-state index contributed by atoms with van der Waals surface area (Å²) >= 11 is 0. The van der Waals surface area contributed by atoms with Crippen molar-refractivity contribution in [2.45, 2.75) is 17.4 Å². The van der Waals surface area contributed by atoms with E-state index in [4.69, 9.17) is 10.5 Å². The minimum Gasteiger partial charge on any atom is -0.396 e. The number of nitrogens with one attached hydrogen (secondary N) is 2. The first-order chi connectivity index (χ1) is 12.5. The lowest BCUT2D eigenvalue weighted by molar-refractivity contribution is -0.0523. The van der Waals surface area contributed by atoms with Crippen molar-refractivity contribution in [3.8, 4) is 0 Å². The van der Waals surface area contributed by atoms with E-state index in [1.165, 1.54) is 19.2 Å². The summed E-state index contributed by atoms with van der Waals surface area (Å²) in [5.41, 5.74) is 4.06. The third-order valence-electron chi connectivity index (χ3n) is 4.07. The Kier molecular flexibility index (Phi) is 4.70. The average molecular weight is 400 g/mol. The number of rotatable bonds is 5. The average Bonchev–Trinajstić information content (AvgIpc) is 2.84. The fourth-order valence-corrected chi connectivity index (χ4v) is 4.18. The first kappa shape index (κ1) is 19.3. The zero-order chi connectivity index (χ0) is 20.0. The molecule has 2 heterocycles. The van der Waals surface area contributed by atoms with Crippen LogP contribution in [-0.4, -0.2) is 37.6 Å². The predicted octanol–water partition coefficient (Wildman–Crippen LogP) is 1.20. The highest BCUT2D eigenvalue weighted by Gasteiger charge is 2.40. The number of aromatic nitrogens is 1. The standard InChI is InChI=1S/C16H18F2N4O4S/c1-16(7-26-8-16)21-27(24,25)12-6-22(2)14(13(12)18)15(23)20-9-3-4-10(17)11(19)5-9/h3-6,21H,7-8,19H2,1-2H3,(H,20,23). The normalized spacial score (nSPS) is 16.0. The summed E-state index contributed by atoms with van der Waals surface area (Å²) in [5.74, 6) is -2.76. The van der Waals surface area contributed by atoms with Crippen LogP contribution >= 0.6 is 0 Å². The van der Waals surface area contributed by atoms with E-state index in [-0.39, 0.29) is 24.6 Å². The number of carbonyl (C=O) groups excluding carboxylic acids is 1. The number of aryl methyl sites for hydroxylation is 1. The van der Waals surface area contributed by atoms with Crippen molar-refractivity contribution in [1.29, 1.82) is 0 Å². The molecule has 0 saturated carbocycles. The number of carbonyl (C=O) groups is 1. The van der Waals surface area contributed by atoms with Gasteiger partial charge in [-0.1, -0.05) is 0 Å². The first-order valence-corrected chi connectivity index (χ1v) is 9.34. The summed E-state index contributed by atoms with van der Waals surface area (Å²) < 4.78 is 61.3. The molecule has 0 spiro atoms. The van der Waals surface area contributed by atoms with Crippen molar-refractivity contribution in [2.75, 3.05) is 24.3 Å². The molecule has 1 amide bonds. The number of anilines is 2. The summed E-state index contributed by atoms with van der Waals surface area (Å²) in [6.07, 6.45) is 1.01. The van der Waals surface area contributed by atoms with Crippen molar-refractivity contribution >= 4 is 27.3 Å². The molecule has 0 atom stereocenters. The lowest BCUT2D eigenvalue weighted by atomic mass is 10.0. The SMILES string of the molecule is Cn1cc(S(=O)(=O)NC2(C)COC2)c(F)c1C(=O)Nc1ccc(F)c(N)c1. The van der Waals surface area contributed by atoms with Gasteiger partial charge in [0.25, 0.3) is 5.91 Å². The van der Waals surface area contributed by atoms with Crippen LogP contribution in [0.4, 0.5) is 20.2 Å². The van der Waals surface area contributed by atoms with Crippen molar-refractivity contribution in [2.24, 2.45) is 7.05 Å². The van der Waals surface area contributed by atoms with Crippen LogP contribution in [0.25, 0.3) is 0 Å². The molecule has 4 N–H and O–H groups in total. The molecular weight excluding hydrogens is 382 g/mol. The van der Waals surface area contributed by atoms with Crippen LogP contribution in [0.15, 0.2) is 29.3 Å². The van der Waals surface area contributed by atoms with Crippen LogP contribution in [0, 0.1) is 11.6 Å². The van der Waals surface area contributed by atoms with Gasteiger partial charge in [0.1, 0.15) is 16.4 Å². The Morgan fingerprint density at radius 1 is 1.33 bits per heavy atom. The molecule has 11 heteroatoms. The number of nitrogen functional groups attached to an aromatic ring is 1. The second-order valence-electron chi connectivity index (χ2n) is 6.62. The van der Waals surface area contributed by atoms with E-state index < -0.39 is 43.7 Å². The molecule has 1 aliphatic heterocycles. The summed E-state index contributed by atoms with van der Waals surface area (Å²) in [5, 5.41) is 2.36. The fraction of sp³-hybridized carbons (Fsp3) is 0.312. The van der Waals surface area contributed by atoms with Crippen LogP contribution < -0.4 is 15.8 Å². The predicted molar refractivity (Wildman–Crippen MR) is 93.7 cm³/mol. The molecule has 1 aliphatic rings. The highest BCUT2D eigenvalue weighted by atomic mass is 32.2. The molecule has 0 radical (unpaired) electrons. The Balaban J connectivity index is 1.88. The zero-order valence-electron chi connectivity index (χ0n) is 14.5. The molecule has 0 unspecified atom stereocenters. The van der Waals surface area contributed by atoms with Gasteiger partial charge in [-0.3, -0.25) is 4.79 Å². The molecule has 2 aromatic rings. The molecular formula is C16H18F2N4O4S. The van der Waals surface area contributed by atoms with E-state index in [2.05, 4.69) is 10.0 Å². The van der Waals surface area contributed by atoms with Gasteiger partial charge in [-0.25, -0.2) is 21.9 Å². The second kappa shape index (κ2) is 6.59. The number of hydrogen-bond acceptors (Lipinski definition) is 5. The quantitative estimate of drug-likeness (QED) is 0.653. The van der Waals surface area contributed by atoms with Crippen molar-refractivity contribution < 1.29 is 26.7 Å². The molecule has 27 heavy (non-hydrogen) atoms. The van der Waals surface area contributed by atoms with E-state index >= 15 is 0 Å². The molecule has 8 nitrogen and oxygen atoms in total. The van der Waals surface area contributed by atoms with Crippen LogP contribution in [-0.2, 0) is 21.8 Å². The van der Waals surface area contributed by atoms with Gasteiger partial charge in [0, 0.05) is 18.9 Å². The number of nitrogens with two attached hydrogens (primary N) is 1. The van der Waals surface area contributed by atoms with Gasteiger partial charge in [0.05, 0.1) is 24.4 Å². The largest absolute Gasteiger partial charge is 0.396 e. The summed E-state index contributed by atoms with van der Waals surface area (Å²) in [7, 11) is -2.87. The number of halogens is 2. The maximum absolute atomic E-state index is 14.8. The number of benzene rings is 1. The van der Waals surface area contributed by atoms with Crippen molar-refractivity contribution in [3.63, 3.8) is 0 Å². The highest BCUT2D eigenvalue weighted by molar-refractivity contribution is 7.89. The summed E-state index contributed by atoms with van der Waals surface area (Å²) in [6, 6.07) is 3.47. The number of hydrogen-bond donors (Lipinski definition) is 3. The number of ether oxygens (including phenoxy) is 1. The van der Waals surface area contributed by atoms with Gasteiger partial charge in [0.15, 0.2) is 5.82 Å². The molecule has 1 aromatic heterocycles. The van der Waals surface area contributed by atoms with Gasteiger partial charge in [-0.05, 0) is 25.1 Å². The van der Waals surface area contributed by atoms with Gasteiger partial charge in [-0.2, -0.15) is 0 Å². The Morgan fingerprint density at radius 3 is 2.56 bits per heavy atom. The van der Waals surface area contributed by atoms with E-state index in [0.29, 0.717) is 0 Å². The Bertz CT molecular complexity index is 1020. The molecule has 0 aliphatic carbocycles. The topological polar surface area (TPSA) is 115 Å². The smallest absolute Gasteiger partial charge is 0.275 e. The molecule has 3 rings (SSSR count). The van der Waals surface area contributed by atoms with E-state index in [9.17, 15) is 22.0 Å². The van der Waals surface area contributed by atoms with Crippen LogP contribution in [0.1, 0.15) is 17.4 Å². The monoisotopic (exact) mass is 400 g/mol. The zero-order valence-corrected chi connectivity index (χ0v) is 15.4. The van der Waals surface area contributed by atoms with Crippen LogP contribution in [0.3, 0.4) is 0 Å². The van der Waals surface area contributed by atoms with E-state index in [0.717, 1.165) is 16.8 Å². The number of amides is 1. The Hall–Kier alpha value is -2.50. The third-order valence-corrected chi connectivity index (χ3v) is 5.69. The summed E-state index contributed by atoms with van der Waals surface area (Å²) in [6.45, 7) is 1.96. The van der Waals surface area contributed by atoms with Gasteiger partial charge >= 0.3 is 0 Å². The third kappa shape index (κ3) is 3.66. The van der Waals surface area contributed by atoms with Crippen molar-refractivity contribution in [1.82, 2.24) is 9.29 Å². The van der Waals surface area contributed by atoms with Gasteiger partial charge in [0.2, 0.25) is 10.0 Å². The first-order valence-electron chi connectivity index (χ1n) is 7.85. The molecule has 0 bridgehead atoms. The lowest BCUT2D eigenvalue weighted by Gasteiger charge is -2.38. The molecule has 1 fully saturated rings. The molecule has 146 valence electrons. The molecule has 1 saturated heterocycles. The van der Waals surface area contributed by atoms with Gasteiger partial charge < -0.3 is 20.4 Å². The van der Waals surface area contributed by atoms with Crippen LogP contribution in [0.5, 0.6) is 0 Å². The van der Waals surface area contributed by atoms with Crippen molar-refractivity contribution in [3.05, 3.63) is 41.7 Å². The second-order valence-corrected chi connectivity index (χ2v) is 8.27. The Labute approximate surface area is 154 Å². The van der Waals surface area contributed by atoms with E-state index in [1.54, 1.807) is 6.92 Å².